The quantitative estimate of drug-likeness (QED) is 0.825. The molecule has 19 heavy (non-hydrogen) atoms. The van der Waals surface area contributed by atoms with Crippen LogP contribution in [0.2, 0.25) is 0 Å². The third-order valence-corrected chi connectivity index (χ3v) is 5.01. The van der Waals surface area contributed by atoms with Crippen LogP contribution in [0.4, 0.5) is 5.69 Å². The van der Waals surface area contributed by atoms with E-state index in [1.807, 2.05) is 0 Å². The number of aryl methyl sites for hydroxylation is 1. The normalized spacial score (nSPS) is 13.6. The number of nitrogens with two attached hydrogens (primary N) is 1. The second kappa shape index (κ2) is 5.16. The van der Waals surface area contributed by atoms with Crippen LogP contribution in [0.3, 0.4) is 0 Å². The van der Waals surface area contributed by atoms with Crippen molar-refractivity contribution in [3.8, 4) is 6.07 Å². The van der Waals surface area contributed by atoms with Crippen LogP contribution in [-0.4, -0.2) is 22.1 Å². The Morgan fingerprint density at radius 1 is 1.32 bits per heavy atom. The highest BCUT2D eigenvalue weighted by Crippen LogP contribution is 2.20. The molecule has 1 aromatic carbocycles. The molecule has 0 amide bonds. The first kappa shape index (κ1) is 15.4. The van der Waals surface area contributed by atoms with Gasteiger partial charge >= 0.3 is 0 Å². The van der Waals surface area contributed by atoms with Crippen LogP contribution < -0.4 is 9.86 Å². The highest BCUT2D eigenvalue weighted by molar-refractivity contribution is 7.93. The topological polar surface area (TPSA) is 130 Å². The molecular weight excluding hydrogens is 290 g/mol. The molecule has 1 atom stereocenters. The van der Waals surface area contributed by atoms with Crippen LogP contribution in [0.5, 0.6) is 0 Å². The molecule has 1 unspecified atom stereocenters. The Labute approximate surface area is 112 Å². The van der Waals surface area contributed by atoms with Gasteiger partial charge in [-0.1, -0.05) is 6.07 Å². The number of rotatable bonds is 4. The first-order valence-electron chi connectivity index (χ1n) is 5.12. The lowest BCUT2D eigenvalue weighted by Crippen LogP contribution is -2.24. The monoisotopic (exact) mass is 303 g/mol. The van der Waals surface area contributed by atoms with Crippen LogP contribution in [0.15, 0.2) is 23.1 Å². The minimum absolute atomic E-state index is 0.0386. The summed E-state index contributed by atoms with van der Waals surface area (Å²) in [6, 6.07) is 5.53. The minimum Gasteiger partial charge on any atom is -0.282 e. The average Bonchev–Trinajstić information content (AvgIpc) is 2.28. The fourth-order valence-corrected chi connectivity index (χ4v) is 2.87. The molecule has 0 spiro atoms. The van der Waals surface area contributed by atoms with Crippen LogP contribution in [-0.2, 0) is 20.0 Å². The molecule has 1 rings (SSSR count). The van der Waals surface area contributed by atoms with Crippen molar-refractivity contribution in [2.75, 3.05) is 4.72 Å². The summed E-state index contributed by atoms with van der Waals surface area (Å²) in [5.41, 5.74) is 0.440. The molecule has 0 aromatic heterocycles. The average molecular weight is 303 g/mol. The summed E-state index contributed by atoms with van der Waals surface area (Å²) in [5, 5.41) is 12.4. The maximum absolute atomic E-state index is 11.7. The Hall–Kier alpha value is -1.63. The highest BCUT2D eigenvalue weighted by Gasteiger charge is 2.21. The fourth-order valence-electron chi connectivity index (χ4n) is 1.29. The maximum Gasteiger partial charge on any atom is 0.248 e. The summed E-state index contributed by atoms with van der Waals surface area (Å²) in [6.07, 6.45) is 0. The van der Waals surface area contributed by atoms with Crippen molar-refractivity contribution in [1.82, 2.24) is 0 Å². The van der Waals surface area contributed by atoms with Crippen molar-refractivity contribution < 1.29 is 16.8 Å². The number of hydrogen-bond donors (Lipinski definition) is 2. The van der Waals surface area contributed by atoms with Crippen LogP contribution >= 0.6 is 0 Å². The van der Waals surface area contributed by atoms with E-state index in [1.54, 1.807) is 6.07 Å². The van der Waals surface area contributed by atoms with Gasteiger partial charge in [-0.15, -0.1) is 0 Å². The molecule has 7 nitrogen and oxygen atoms in total. The van der Waals surface area contributed by atoms with Gasteiger partial charge in [-0.05, 0) is 31.5 Å². The number of anilines is 1. The van der Waals surface area contributed by atoms with E-state index in [9.17, 15) is 16.8 Å². The Kier molecular flexibility index (Phi) is 4.19. The van der Waals surface area contributed by atoms with E-state index in [1.165, 1.54) is 26.0 Å². The first-order valence-corrected chi connectivity index (χ1v) is 8.22. The minimum atomic E-state index is -3.94. The number of hydrogen-bond acceptors (Lipinski definition) is 5. The molecule has 104 valence electrons. The molecule has 0 saturated carbocycles. The van der Waals surface area contributed by atoms with Gasteiger partial charge in [0.05, 0.1) is 11.0 Å². The van der Waals surface area contributed by atoms with Gasteiger partial charge in [-0.3, -0.25) is 4.72 Å². The summed E-state index contributed by atoms with van der Waals surface area (Å²) in [5.74, 6) is 0. The molecule has 0 heterocycles. The highest BCUT2D eigenvalue weighted by atomic mass is 32.2. The van der Waals surface area contributed by atoms with E-state index >= 15 is 0 Å². The standard InChI is InChI=1S/C10H13N3O4S2/c1-7-3-4-9(5-10(7)18(12,14)15)13-19(16,17)8(2)6-11/h3-5,8,13H,1-2H3,(H2,12,14,15). The van der Waals surface area contributed by atoms with Crippen molar-refractivity contribution in [2.24, 2.45) is 5.14 Å². The Morgan fingerprint density at radius 2 is 1.89 bits per heavy atom. The molecule has 0 aliphatic rings. The van der Waals surface area contributed by atoms with Crippen LogP contribution in [0.1, 0.15) is 12.5 Å². The lowest BCUT2D eigenvalue weighted by atomic mass is 10.2. The molecule has 9 heteroatoms. The van der Waals surface area contributed by atoms with Crippen molar-refractivity contribution in [3.63, 3.8) is 0 Å². The smallest absolute Gasteiger partial charge is 0.248 e. The Balaban J connectivity index is 3.24. The van der Waals surface area contributed by atoms with Crippen molar-refractivity contribution in [1.29, 1.82) is 5.26 Å². The predicted molar refractivity (Wildman–Crippen MR) is 70.2 cm³/mol. The molecule has 0 aliphatic heterocycles. The maximum atomic E-state index is 11.7. The molecule has 0 aliphatic carbocycles. The fraction of sp³-hybridized carbons (Fsp3) is 0.300. The third-order valence-electron chi connectivity index (χ3n) is 2.40. The van der Waals surface area contributed by atoms with Gasteiger partial charge in [0.2, 0.25) is 20.0 Å². The van der Waals surface area contributed by atoms with Crippen molar-refractivity contribution >= 4 is 25.7 Å². The van der Waals surface area contributed by atoms with Gasteiger partial charge in [-0.2, -0.15) is 5.26 Å². The number of primary sulfonamides is 1. The Morgan fingerprint density at radius 3 is 2.37 bits per heavy atom. The molecule has 3 N–H and O–H groups in total. The van der Waals surface area contributed by atoms with Gasteiger partial charge in [-0.25, -0.2) is 22.0 Å². The third kappa shape index (κ3) is 3.66. The van der Waals surface area contributed by atoms with E-state index in [0.717, 1.165) is 6.07 Å². The van der Waals surface area contributed by atoms with Crippen molar-refractivity contribution in [3.05, 3.63) is 23.8 Å². The second-order valence-corrected chi connectivity index (χ2v) is 7.47. The van der Waals surface area contributed by atoms with E-state index in [4.69, 9.17) is 10.4 Å². The van der Waals surface area contributed by atoms with E-state index in [0.29, 0.717) is 5.56 Å². The molecule has 0 radical (unpaired) electrons. The number of nitrogens with one attached hydrogen (secondary N) is 1. The van der Waals surface area contributed by atoms with E-state index in [2.05, 4.69) is 4.72 Å². The van der Waals surface area contributed by atoms with Crippen LogP contribution in [0.25, 0.3) is 0 Å². The summed E-state index contributed by atoms with van der Waals surface area (Å²) < 4.78 is 48.1. The van der Waals surface area contributed by atoms with Crippen LogP contribution in [0, 0.1) is 18.3 Å². The van der Waals surface area contributed by atoms with Gasteiger partial charge in [0.25, 0.3) is 0 Å². The van der Waals surface area contributed by atoms with Gasteiger partial charge in [0.15, 0.2) is 5.25 Å². The van der Waals surface area contributed by atoms with E-state index in [-0.39, 0.29) is 10.6 Å². The molecule has 0 saturated heterocycles. The lowest BCUT2D eigenvalue weighted by Gasteiger charge is -2.11. The first-order chi connectivity index (χ1) is 8.58. The zero-order chi connectivity index (χ0) is 14.8. The number of nitriles is 1. The van der Waals surface area contributed by atoms with Gasteiger partial charge < -0.3 is 0 Å². The SMILES string of the molecule is Cc1ccc(NS(=O)(=O)C(C)C#N)cc1S(N)(=O)=O. The molecule has 0 fully saturated rings. The predicted octanol–water partition coefficient (Wildman–Crippen LogP) is 0.296. The summed E-state index contributed by atoms with van der Waals surface area (Å²) in [4.78, 5) is -0.169. The van der Waals surface area contributed by atoms with Crippen molar-refractivity contribution in [2.45, 2.75) is 24.0 Å². The molecule has 0 bridgehead atoms. The zero-order valence-corrected chi connectivity index (χ0v) is 11.9. The summed E-state index contributed by atoms with van der Waals surface area (Å²) in [6.45, 7) is 2.76. The summed E-state index contributed by atoms with van der Waals surface area (Å²) >= 11 is 0. The van der Waals surface area contributed by atoms with Gasteiger partial charge in [0, 0.05) is 5.69 Å². The Bertz CT molecular complexity index is 733. The molecule has 1 aromatic rings. The number of sulfonamides is 2. The zero-order valence-electron chi connectivity index (χ0n) is 10.3. The lowest BCUT2D eigenvalue weighted by molar-refractivity contribution is 0.594. The van der Waals surface area contributed by atoms with Gasteiger partial charge in [0.1, 0.15) is 0 Å². The van der Waals surface area contributed by atoms with E-state index < -0.39 is 25.3 Å². The largest absolute Gasteiger partial charge is 0.282 e. The summed E-state index contributed by atoms with van der Waals surface area (Å²) in [7, 11) is -7.82. The second-order valence-electron chi connectivity index (χ2n) is 3.94. The number of nitrogens with zero attached hydrogens (tertiary/aromatic N) is 1. The molecular formula is C10H13N3O4S2. The number of benzene rings is 1.